The number of para-hydroxylation sites is 1. The molecule has 4 rings (SSSR count). The van der Waals surface area contributed by atoms with Crippen LogP contribution in [0.5, 0.6) is 5.75 Å². The fourth-order valence-electron chi connectivity index (χ4n) is 4.35. The highest BCUT2D eigenvalue weighted by Crippen LogP contribution is 2.24. The Morgan fingerprint density at radius 2 is 1.97 bits per heavy atom. The Bertz CT molecular complexity index is 967. The molecular weight excluding hydrogens is 410 g/mol. The Balaban J connectivity index is 1.40. The number of hydrogen-bond acceptors (Lipinski definition) is 6. The van der Waals surface area contributed by atoms with Crippen LogP contribution < -0.4 is 10.1 Å². The topological polar surface area (TPSA) is 88.9 Å². The number of nitrogens with one attached hydrogen (secondary N) is 1. The van der Waals surface area contributed by atoms with Crippen molar-refractivity contribution in [2.24, 2.45) is 7.05 Å². The van der Waals surface area contributed by atoms with E-state index in [0.29, 0.717) is 37.5 Å². The molecule has 2 aromatic rings. The van der Waals surface area contributed by atoms with Crippen LogP contribution in [-0.4, -0.2) is 84.4 Å². The normalized spacial score (nSPS) is 16.5. The third-order valence-corrected chi connectivity index (χ3v) is 6.16. The molecule has 0 radical (unpaired) electrons. The van der Waals surface area contributed by atoms with E-state index in [0.717, 1.165) is 49.7 Å². The average molecular weight is 442 g/mol. The molecule has 2 aliphatic rings. The Morgan fingerprint density at radius 3 is 2.75 bits per heavy atom. The Kier molecular flexibility index (Phi) is 7.06. The van der Waals surface area contributed by atoms with Crippen molar-refractivity contribution < 1.29 is 19.1 Å². The first kappa shape index (κ1) is 22.3. The Labute approximate surface area is 188 Å². The van der Waals surface area contributed by atoms with E-state index in [-0.39, 0.29) is 18.2 Å². The fourth-order valence-corrected chi connectivity index (χ4v) is 4.35. The van der Waals surface area contributed by atoms with Crippen LogP contribution in [0.1, 0.15) is 27.3 Å². The lowest BCUT2D eigenvalue weighted by Gasteiger charge is -2.28. The van der Waals surface area contributed by atoms with Crippen LogP contribution in [0.2, 0.25) is 0 Å². The van der Waals surface area contributed by atoms with Crippen LogP contribution in [0.4, 0.5) is 0 Å². The van der Waals surface area contributed by atoms with E-state index in [2.05, 4.69) is 15.3 Å². The molecule has 3 heterocycles. The minimum absolute atomic E-state index is 0.0164. The summed E-state index contributed by atoms with van der Waals surface area (Å²) in [6.45, 7) is 5.59. The highest BCUT2D eigenvalue weighted by molar-refractivity contribution is 5.94. The van der Waals surface area contributed by atoms with E-state index in [1.54, 1.807) is 16.7 Å². The van der Waals surface area contributed by atoms with Gasteiger partial charge in [0, 0.05) is 69.6 Å². The highest BCUT2D eigenvalue weighted by Gasteiger charge is 2.29. The van der Waals surface area contributed by atoms with Crippen LogP contribution in [0, 0.1) is 0 Å². The standard InChI is InChI=1S/C23H31N5O4/c1-26-19-7-9-28(21(29)15-17-5-3-4-6-20(17)31-2)16-18(19)22(25-26)23(30)24-8-10-27-11-13-32-14-12-27/h3-6H,7-16H2,1-2H3,(H,24,30). The number of amides is 2. The van der Waals surface area contributed by atoms with Gasteiger partial charge in [-0.25, -0.2) is 0 Å². The molecule has 1 aromatic heterocycles. The van der Waals surface area contributed by atoms with Gasteiger partial charge in [0.05, 0.1) is 26.7 Å². The van der Waals surface area contributed by atoms with Crippen molar-refractivity contribution in [3.05, 3.63) is 46.8 Å². The van der Waals surface area contributed by atoms with Gasteiger partial charge in [-0.05, 0) is 6.07 Å². The van der Waals surface area contributed by atoms with E-state index in [4.69, 9.17) is 9.47 Å². The molecule has 1 saturated heterocycles. The number of carbonyl (C=O) groups is 2. The molecule has 9 nitrogen and oxygen atoms in total. The number of rotatable bonds is 7. The second-order valence-electron chi connectivity index (χ2n) is 8.16. The molecule has 0 atom stereocenters. The number of hydrogen-bond donors (Lipinski definition) is 1. The highest BCUT2D eigenvalue weighted by atomic mass is 16.5. The van der Waals surface area contributed by atoms with Crippen LogP contribution in [-0.2, 0) is 36.0 Å². The molecule has 0 unspecified atom stereocenters. The molecule has 1 N–H and O–H groups in total. The zero-order chi connectivity index (χ0) is 22.5. The maximum Gasteiger partial charge on any atom is 0.272 e. The van der Waals surface area contributed by atoms with Crippen LogP contribution in [0.15, 0.2) is 24.3 Å². The van der Waals surface area contributed by atoms with Gasteiger partial charge in [-0.15, -0.1) is 0 Å². The SMILES string of the molecule is COc1ccccc1CC(=O)N1CCc2c(c(C(=O)NCCN3CCOCC3)nn2C)C1. The zero-order valence-corrected chi connectivity index (χ0v) is 18.8. The molecule has 172 valence electrons. The second kappa shape index (κ2) is 10.1. The summed E-state index contributed by atoms with van der Waals surface area (Å²) < 4.78 is 12.5. The maximum atomic E-state index is 13.0. The number of ether oxygens (including phenoxy) is 2. The summed E-state index contributed by atoms with van der Waals surface area (Å²) in [7, 11) is 3.46. The summed E-state index contributed by atoms with van der Waals surface area (Å²) in [6.07, 6.45) is 0.943. The van der Waals surface area contributed by atoms with Crippen LogP contribution in [0.25, 0.3) is 0 Å². The number of morpholine rings is 1. The van der Waals surface area contributed by atoms with E-state index in [1.165, 1.54) is 0 Å². The minimum atomic E-state index is -0.186. The number of aryl methyl sites for hydroxylation is 1. The summed E-state index contributed by atoms with van der Waals surface area (Å²) >= 11 is 0. The molecule has 0 aliphatic carbocycles. The molecule has 1 fully saturated rings. The predicted octanol–water partition coefficient (Wildman–Crippen LogP) is 0.618. The van der Waals surface area contributed by atoms with E-state index in [9.17, 15) is 9.59 Å². The van der Waals surface area contributed by atoms with Crippen LogP contribution in [0.3, 0.4) is 0 Å². The fraction of sp³-hybridized carbons (Fsp3) is 0.522. The number of methoxy groups -OCH3 is 1. The van der Waals surface area contributed by atoms with Crippen molar-refractivity contribution >= 4 is 11.8 Å². The van der Waals surface area contributed by atoms with Gasteiger partial charge >= 0.3 is 0 Å². The van der Waals surface area contributed by atoms with Crippen LogP contribution >= 0.6 is 0 Å². The van der Waals surface area contributed by atoms with Crippen molar-refractivity contribution in [2.45, 2.75) is 19.4 Å². The van der Waals surface area contributed by atoms with Gasteiger partial charge in [-0.1, -0.05) is 18.2 Å². The summed E-state index contributed by atoms with van der Waals surface area (Å²) in [5, 5.41) is 7.47. The molecule has 0 saturated carbocycles. The summed E-state index contributed by atoms with van der Waals surface area (Å²) in [5.41, 5.74) is 3.14. The maximum absolute atomic E-state index is 13.0. The van der Waals surface area contributed by atoms with E-state index >= 15 is 0 Å². The van der Waals surface area contributed by atoms with Crippen molar-refractivity contribution in [3.63, 3.8) is 0 Å². The zero-order valence-electron chi connectivity index (χ0n) is 18.8. The number of fused-ring (bicyclic) bond motifs is 1. The van der Waals surface area contributed by atoms with Gasteiger partial charge in [-0.2, -0.15) is 5.10 Å². The van der Waals surface area contributed by atoms with Crippen molar-refractivity contribution in [1.82, 2.24) is 24.9 Å². The molecule has 32 heavy (non-hydrogen) atoms. The van der Waals surface area contributed by atoms with Crippen molar-refractivity contribution in [1.29, 1.82) is 0 Å². The molecule has 0 spiro atoms. The van der Waals surface area contributed by atoms with Gasteiger partial charge < -0.3 is 19.7 Å². The van der Waals surface area contributed by atoms with E-state index in [1.807, 2.05) is 31.3 Å². The number of benzene rings is 1. The first-order chi connectivity index (χ1) is 15.6. The lowest BCUT2D eigenvalue weighted by atomic mass is 10.0. The summed E-state index contributed by atoms with van der Waals surface area (Å²) in [4.78, 5) is 30.0. The lowest BCUT2D eigenvalue weighted by Crippen LogP contribution is -2.41. The molecular formula is C23H31N5O4. The van der Waals surface area contributed by atoms with Crippen molar-refractivity contribution in [3.8, 4) is 5.75 Å². The van der Waals surface area contributed by atoms with E-state index < -0.39 is 0 Å². The monoisotopic (exact) mass is 441 g/mol. The summed E-state index contributed by atoms with van der Waals surface area (Å²) in [5.74, 6) is 0.539. The molecule has 9 heteroatoms. The summed E-state index contributed by atoms with van der Waals surface area (Å²) in [6, 6.07) is 7.56. The first-order valence-corrected chi connectivity index (χ1v) is 11.1. The van der Waals surface area contributed by atoms with Crippen molar-refractivity contribution in [2.75, 3.05) is 53.0 Å². The number of carbonyl (C=O) groups excluding carboxylic acids is 2. The van der Waals surface area contributed by atoms with Gasteiger partial charge in [0.15, 0.2) is 5.69 Å². The third kappa shape index (κ3) is 4.94. The number of aromatic nitrogens is 2. The molecule has 2 amide bonds. The lowest BCUT2D eigenvalue weighted by molar-refractivity contribution is -0.131. The van der Waals surface area contributed by atoms with Gasteiger partial charge in [0.25, 0.3) is 5.91 Å². The first-order valence-electron chi connectivity index (χ1n) is 11.1. The predicted molar refractivity (Wildman–Crippen MR) is 119 cm³/mol. The third-order valence-electron chi connectivity index (χ3n) is 6.16. The second-order valence-corrected chi connectivity index (χ2v) is 8.16. The molecule has 2 aliphatic heterocycles. The number of nitrogens with zero attached hydrogens (tertiary/aromatic N) is 4. The minimum Gasteiger partial charge on any atom is -0.496 e. The molecule has 1 aromatic carbocycles. The smallest absolute Gasteiger partial charge is 0.272 e. The molecule has 0 bridgehead atoms. The Morgan fingerprint density at radius 1 is 1.19 bits per heavy atom. The van der Waals surface area contributed by atoms with Gasteiger partial charge in [-0.3, -0.25) is 19.2 Å². The van der Waals surface area contributed by atoms with Gasteiger partial charge in [0.1, 0.15) is 5.75 Å². The largest absolute Gasteiger partial charge is 0.496 e. The van der Waals surface area contributed by atoms with Gasteiger partial charge in [0.2, 0.25) is 5.91 Å². The average Bonchev–Trinajstić information content (AvgIpc) is 3.16. The Hall–Kier alpha value is -2.91. The quantitative estimate of drug-likeness (QED) is 0.678.